The molecule has 1 fully saturated rings. The van der Waals surface area contributed by atoms with Crippen LogP contribution in [0.5, 0.6) is 0 Å². The second kappa shape index (κ2) is 5.76. The molecular formula is C16H21N3O2. The van der Waals surface area contributed by atoms with Crippen LogP contribution in [0.1, 0.15) is 43.0 Å². The summed E-state index contributed by atoms with van der Waals surface area (Å²) in [6, 6.07) is 5.48. The molecule has 2 amide bonds. The second-order valence-electron chi connectivity index (χ2n) is 6.05. The Balaban J connectivity index is 1.68. The van der Waals surface area contributed by atoms with Crippen molar-refractivity contribution in [1.29, 1.82) is 0 Å². The molecule has 5 nitrogen and oxygen atoms in total. The van der Waals surface area contributed by atoms with Crippen LogP contribution in [0, 0.1) is 5.92 Å². The molecular weight excluding hydrogens is 266 g/mol. The monoisotopic (exact) mass is 287 g/mol. The van der Waals surface area contributed by atoms with Crippen molar-refractivity contribution >= 4 is 23.2 Å². The minimum Gasteiger partial charge on any atom is -0.380 e. The van der Waals surface area contributed by atoms with Crippen molar-refractivity contribution in [3.8, 4) is 0 Å². The van der Waals surface area contributed by atoms with E-state index in [1.54, 1.807) is 12.1 Å². The van der Waals surface area contributed by atoms with Gasteiger partial charge in [-0.1, -0.05) is 12.8 Å². The maximum Gasteiger partial charge on any atom is 0.251 e. The van der Waals surface area contributed by atoms with Gasteiger partial charge in [0.15, 0.2) is 0 Å². The molecule has 1 aromatic rings. The fraction of sp³-hybridized carbons (Fsp3) is 0.500. The molecule has 0 spiro atoms. The lowest BCUT2D eigenvalue weighted by atomic mass is 10.1. The predicted octanol–water partition coefficient (Wildman–Crippen LogP) is 2.36. The van der Waals surface area contributed by atoms with Gasteiger partial charge in [0.25, 0.3) is 5.91 Å². The standard InChI is InChI=1S/C16H21N3O2/c1-10-8-15(20)19-14-9-12(4-5-13(14)18-10)16(21)17-7-6-11-2-3-11/h4-5,9-11,18H,2-3,6-8H2,1H3,(H,17,21)(H,19,20). The Morgan fingerprint density at radius 2 is 2.14 bits per heavy atom. The summed E-state index contributed by atoms with van der Waals surface area (Å²) >= 11 is 0. The van der Waals surface area contributed by atoms with Crippen LogP contribution in [-0.2, 0) is 4.79 Å². The first-order valence-electron chi connectivity index (χ1n) is 7.60. The lowest BCUT2D eigenvalue weighted by Crippen LogP contribution is -2.24. The highest BCUT2D eigenvalue weighted by Crippen LogP contribution is 2.31. The first-order valence-corrected chi connectivity index (χ1v) is 7.60. The van der Waals surface area contributed by atoms with Gasteiger partial charge in [0.2, 0.25) is 5.91 Å². The number of benzene rings is 1. The largest absolute Gasteiger partial charge is 0.380 e. The van der Waals surface area contributed by atoms with E-state index in [4.69, 9.17) is 0 Å². The molecule has 5 heteroatoms. The van der Waals surface area contributed by atoms with Gasteiger partial charge in [-0.2, -0.15) is 0 Å². The van der Waals surface area contributed by atoms with Crippen LogP contribution in [0.3, 0.4) is 0 Å². The third kappa shape index (κ3) is 3.54. The summed E-state index contributed by atoms with van der Waals surface area (Å²) in [6.45, 7) is 2.69. The molecule has 3 rings (SSSR count). The molecule has 1 aliphatic heterocycles. The Bertz CT molecular complexity index is 567. The number of rotatable bonds is 4. The van der Waals surface area contributed by atoms with Gasteiger partial charge in [0.1, 0.15) is 0 Å². The number of anilines is 2. The molecule has 0 bridgehead atoms. The van der Waals surface area contributed by atoms with Crippen LogP contribution in [-0.4, -0.2) is 24.4 Å². The normalized spacial score (nSPS) is 20.8. The first kappa shape index (κ1) is 13.9. The van der Waals surface area contributed by atoms with E-state index < -0.39 is 0 Å². The fourth-order valence-corrected chi connectivity index (χ4v) is 2.61. The predicted molar refractivity (Wildman–Crippen MR) is 82.4 cm³/mol. The Morgan fingerprint density at radius 3 is 2.90 bits per heavy atom. The Kier molecular flexibility index (Phi) is 3.82. The Hall–Kier alpha value is -2.04. The highest BCUT2D eigenvalue weighted by atomic mass is 16.2. The third-order valence-corrected chi connectivity index (χ3v) is 3.98. The summed E-state index contributed by atoms with van der Waals surface area (Å²) < 4.78 is 0. The van der Waals surface area contributed by atoms with Gasteiger partial charge in [-0.05, 0) is 37.5 Å². The van der Waals surface area contributed by atoms with Crippen molar-refractivity contribution in [2.24, 2.45) is 5.92 Å². The van der Waals surface area contributed by atoms with Crippen molar-refractivity contribution in [1.82, 2.24) is 5.32 Å². The van der Waals surface area contributed by atoms with E-state index in [2.05, 4.69) is 16.0 Å². The minimum atomic E-state index is -0.0787. The summed E-state index contributed by atoms with van der Waals surface area (Å²) in [5, 5.41) is 9.06. The molecule has 1 unspecified atom stereocenters. The molecule has 1 aliphatic carbocycles. The highest BCUT2D eigenvalue weighted by molar-refractivity contribution is 6.00. The van der Waals surface area contributed by atoms with Crippen molar-refractivity contribution < 1.29 is 9.59 Å². The Labute approximate surface area is 124 Å². The summed E-state index contributed by atoms with van der Waals surface area (Å²) in [5.41, 5.74) is 2.13. The molecule has 112 valence electrons. The quantitative estimate of drug-likeness (QED) is 0.796. The molecule has 1 heterocycles. The maximum atomic E-state index is 12.1. The zero-order chi connectivity index (χ0) is 14.8. The lowest BCUT2D eigenvalue weighted by molar-refractivity contribution is -0.116. The maximum absolute atomic E-state index is 12.1. The molecule has 1 atom stereocenters. The average Bonchev–Trinajstić information content (AvgIpc) is 3.24. The number of hydrogen-bond donors (Lipinski definition) is 3. The Morgan fingerprint density at radius 1 is 1.33 bits per heavy atom. The van der Waals surface area contributed by atoms with Crippen molar-refractivity contribution in [2.45, 2.75) is 38.6 Å². The number of hydrogen-bond acceptors (Lipinski definition) is 3. The third-order valence-electron chi connectivity index (χ3n) is 3.98. The van der Waals surface area contributed by atoms with Crippen LogP contribution in [0.25, 0.3) is 0 Å². The van der Waals surface area contributed by atoms with Gasteiger partial charge in [0.05, 0.1) is 11.4 Å². The van der Waals surface area contributed by atoms with E-state index in [1.807, 2.05) is 13.0 Å². The molecule has 2 aliphatic rings. The van der Waals surface area contributed by atoms with E-state index in [9.17, 15) is 9.59 Å². The first-order chi connectivity index (χ1) is 10.1. The summed E-state index contributed by atoms with van der Waals surface area (Å²) in [4.78, 5) is 23.9. The zero-order valence-electron chi connectivity index (χ0n) is 12.2. The van der Waals surface area contributed by atoms with E-state index in [1.165, 1.54) is 12.8 Å². The van der Waals surface area contributed by atoms with Crippen molar-refractivity contribution in [2.75, 3.05) is 17.2 Å². The van der Waals surface area contributed by atoms with Crippen molar-refractivity contribution in [3.05, 3.63) is 23.8 Å². The second-order valence-corrected chi connectivity index (χ2v) is 6.05. The van der Waals surface area contributed by atoms with Gasteiger partial charge in [-0.15, -0.1) is 0 Å². The lowest BCUT2D eigenvalue weighted by Gasteiger charge is -2.12. The van der Waals surface area contributed by atoms with E-state index in [-0.39, 0.29) is 17.9 Å². The van der Waals surface area contributed by atoms with Gasteiger partial charge in [-0.25, -0.2) is 0 Å². The van der Waals surface area contributed by atoms with Crippen LogP contribution in [0.15, 0.2) is 18.2 Å². The number of carbonyl (C=O) groups is 2. The molecule has 0 aromatic heterocycles. The molecule has 0 radical (unpaired) electrons. The summed E-state index contributed by atoms with van der Waals surface area (Å²) in [7, 11) is 0. The molecule has 0 saturated heterocycles. The molecule has 1 aromatic carbocycles. The number of nitrogens with one attached hydrogen (secondary N) is 3. The van der Waals surface area contributed by atoms with E-state index >= 15 is 0 Å². The molecule has 1 saturated carbocycles. The summed E-state index contributed by atoms with van der Waals surface area (Å²) in [5.74, 6) is 0.701. The van der Waals surface area contributed by atoms with Crippen LogP contribution >= 0.6 is 0 Å². The van der Waals surface area contributed by atoms with Crippen LogP contribution < -0.4 is 16.0 Å². The van der Waals surface area contributed by atoms with E-state index in [0.29, 0.717) is 17.7 Å². The smallest absolute Gasteiger partial charge is 0.251 e. The van der Waals surface area contributed by atoms with Crippen molar-refractivity contribution in [3.63, 3.8) is 0 Å². The van der Waals surface area contributed by atoms with Gasteiger partial charge >= 0.3 is 0 Å². The fourth-order valence-electron chi connectivity index (χ4n) is 2.61. The average molecular weight is 287 g/mol. The number of carbonyl (C=O) groups excluding carboxylic acids is 2. The van der Waals surface area contributed by atoms with Gasteiger partial charge in [-0.3, -0.25) is 9.59 Å². The van der Waals surface area contributed by atoms with Gasteiger partial charge in [0, 0.05) is 24.6 Å². The van der Waals surface area contributed by atoms with Crippen LogP contribution in [0.2, 0.25) is 0 Å². The zero-order valence-corrected chi connectivity index (χ0v) is 12.2. The molecule has 21 heavy (non-hydrogen) atoms. The minimum absolute atomic E-state index is 0.0277. The highest BCUT2D eigenvalue weighted by Gasteiger charge is 2.21. The van der Waals surface area contributed by atoms with Crippen LogP contribution in [0.4, 0.5) is 11.4 Å². The SMILES string of the molecule is CC1CC(=O)Nc2cc(C(=O)NCCC3CC3)ccc2N1. The topological polar surface area (TPSA) is 70.2 Å². The summed E-state index contributed by atoms with van der Waals surface area (Å²) in [6.07, 6.45) is 4.08. The molecule has 3 N–H and O–H groups in total. The van der Waals surface area contributed by atoms with E-state index in [0.717, 1.165) is 24.6 Å². The van der Waals surface area contributed by atoms with Gasteiger partial charge < -0.3 is 16.0 Å². The number of amides is 2. The number of fused-ring (bicyclic) bond motifs is 1.